The molecule has 1 aromatic rings. The molecule has 0 unspecified atom stereocenters. The molecule has 0 amide bonds. The average molecular weight is 210 g/mol. The first kappa shape index (κ1) is 9.53. The van der Waals surface area contributed by atoms with Crippen LogP contribution in [0.5, 0.6) is 0 Å². The zero-order valence-corrected chi connectivity index (χ0v) is 8.84. The van der Waals surface area contributed by atoms with Crippen molar-refractivity contribution >= 4 is 17.3 Å². The fraction of sp³-hybridized carbons (Fsp3) is 0.364. The molecule has 0 saturated carbocycles. The SMILES string of the molecule is CO/N=C1/CCCc2cccc(Cl)c21. The van der Waals surface area contributed by atoms with Crippen molar-refractivity contribution in [1.29, 1.82) is 0 Å². The van der Waals surface area contributed by atoms with Crippen LogP contribution in [-0.2, 0) is 11.3 Å². The molecule has 0 radical (unpaired) electrons. The summed E-state index contributed by atoms with van der Waals surface area (Å²) in [6, 6.07) is 5.99. The van der Waals surface area contributed by atoms with Crippen molar-refractivity contribution in [2.24, 2.45) is 5.16 Å². The number of hydrogen-bond donors (Lipinski definition) is 0. The molecule has 0 heterocycles. The second-order valence-corrected chi connectivity index (χ2v) is 3.76. The minimum absolute atomic E-state index is 0.776. The molecule has 2 nitrogen and oxygen atoms in total. The molecule has 0 N–H and O–H groups in total. The van der Waals surface area contributed by atoms with Crippen molar-refractivity contribution in [3.63, 3.8) is 0 Å². The van der Waals surface area contributed by atoms with Gasteiger partial charge in [0.25, 0.3) is 0 Å². The Bertz CT molecular complexity index is 374. The number of halogens is 1. The summed E-state index contributed by atoms with van der Waals surface area (Å²) < 4.78 is 0. The Balaban J connectivity index is 2.52. The molecule has 0 aromatic heterocycles. The van der Waals surface area contributed by atoms with Crippen LogP contribution < -0.4 is 0 Å². The Morgan fingerprint density at radius 2 is 2.21 bits per heavy atom. The molecule has 2 rings (SSSR count). The molecule has 0 aliphatic heterocycles. The maximum absolute atomic E-state index is 6.14. The monoisotopic (exact) mass is 209 g/mol. The zero-order chi connectivity index (χ0) is 9.97. The Hall–Kier alpha value is -1.02. The van der Waals surface area contributed by atoms with Gasteiger partial charge in [0.1, 0.15) is 7.11 Å². The van der Waals surface area contributed by atoms with E-state index in [1.54, 1.807) is 7.11 Å². The molecule has 0 saturated heterocycles. The van der Waals surface area contributed by atoms with Crippen molar-refractivity contribution < 1.29 is 4.84 Å². The number of benzene rings is 1. The van der Waals surface area contributed by atoms with Gasteiger partial charge in [-0.3, -0.25) is 0 Å². The fourth-order valence-corrected chi connectivity index (χ4v) is 2.18. The lowest BCUT2D eigenvalue weighted by Crippen LogP contribution is -2.12. The second kappa shape index (κ2) is 4.01. The molecule has 1 aliphatic rings. The molecule has 1 aromatic carbocycles. The van der Waals surface area contributed by atoms with E-state index in [1.807, 2.05) is 12.1 Å². The summed E-state index contributed by atoms with van der Waals surface area (Å²) in [6.45, 7) is 0. The van der Waals surface area contributed by atoms with Crippen molar-refractivity contribution in [3.05, 3.63) is 34.3 Å². The summed E-state index contributed by atoms with van der Waals surface area (Å²) >= 11 is 6.14. The van der Waals surface area contributed by atoms with Gasteiger partial charge < -0.3 is 4.84 Å². The molecule has 14 heavy (non-hydrogen) atoms. The zero-order valence-electron chi connectivity index (χ0n) is 8.09. The molecule has 0 spiro atoms. The summed E-state index contributed by atoms with van der Waals surface area (Å²) in [6.07, 6.45) is 3.15. The van der Waals surface area contributed by atoms with Gasteiger partial charge in [0, 0.05) is 5.56 Å². The van der Waals surface area contributed by atoms with E-state index < -0.39 is 0 Å². The molecular formula is C11H12ClNO. The summed E-state index contributed by atoms with van der Waals surface area (Å²) in [4.78, 5) is 4.82. The van der Waals surface area contributed by atoms with E-state index in [2.05, 4.69) is 11.2 Å². The van der Waals surface area contributed by atoms with E-state index in [4.69, 9.17) is 16.4 Å². The first-order valence-electron chi connectivity index (χ1n) is 4.70. The van der Waals surface area contributed by atoms with Crippen molar-refractivity contribution in [2.45, 2.75) is 19.3 Å². The highest BCUT2D eigenvalue weighted by atomic mass is 35.5. The number of rotatable bonds is 1. The highest BCUT2D eigenvalue weighted by molar-refractivity contribution is 6.34. The maximum Gasteiger partial charge on any atom is 0.106 e. The second-order valence-electron chi connectivity index (χ2n) is 3.35. The third-order valence-electron chi connectivity index (χ3n) is 2.45. The van der Waals surface area contributed by atoms with Gasteiger partial charge in [0.05, 0.1) is 10.7 Å². The van der Waals surface area contributed by atoms with E-state index in [0.29, 0.717) is 0 Å². The van der Waals surface area contributed by atoms with Crippen molar-refractivity contribution in [1.82, 2.24) is 0 Å². The molecular weight excluding hydrogens is 198 g/mol. The number of hydrogen-bond acceptors (Lipinski definition) is 2. The average Bonchev–Trinajstić information content (AvgIpc) is 2.19. The number of aryl methyl sites for hydroxylation is 1. The summed E-state index contributed by atoms with van der Waals surface area (Å²) in [7, 11) is 1.57. The summed E-state index contributed by atoms with van der Waals surface area (Å²) in [5.74, 6) is 0. The van der Waals surface area contributed by atoms with E-state index >= 15 is 0 Å². The van der Waals surface area contributed by atoms with E-state index in [1.165, 1.54) is 5.56 Å². The smallest absolute Gasteiger partial charge is 0.106 e. The predicted octanol–water partition coefficient (Wildman–Crippen LogP) is 3.03. The minimum Gasteiger partial charge on any atom is -0.399 e. The van der Waals surface area contributed by atoms with Gasteiger partial charge >= 0.3 is 0 Å². The van der Waals surface area contributed by atoms with Crippen LogP contribution >= 0.6 is 11.6 Å². The molecule has 3 heteroatoms. The first-order chi connectivity index (χ1) is 6.83. The minimum atomic E-state index is 0.776. The lowest BCUT2D eigenvalue weighted by atomic mass is 9.90. The van der Waals surface area contributed by atoms with Gasteiger partial charge in [0.2, 0.25) is 0 Å². The molecule has 0 atom stereocenters. The number of oxime groups is 1. The van der Waals surface area contributed by atoms with E-state index in [0.717, 1.165) is 35.6 Å². The van der Waals surface area contributed by atoms with E-state index in [9.17, 15) is 0 Å². The first-order valence-corrected chi connectivity index (χ1v) is 5.08. The summed E-state index contributed by atoms with van der Waals surface area (Å²) in [5.41, 5.74) is 3.32. The Morgan fingerprint density at radius 3 is 3.00 bits per heavy atom. The molecule has 0 bridgehead atoms. The van der Waals surface area contributed by atoms with Gasteiger partial charge in [-0.05, 0) is 30.9 Å². The Labute approximate surface area is 88.5 Å². The predicted molar refractivity (Wildman–Crippen MR) is 57.9 cm³/mol. The lowest BCUT2D eigenvalue weighted by Gasteiger charge is -2.18. The van der Waals surface area contributed by atoms with Crippen LogP contribution in [0.25, 0.3) is 0 Å². The van der Waals surface area contributed by atoms with Gasteiger partial charge in [0.15, 0.2) is 0 Å². The topological polar surface area (TPSA) is 21.6 Å². The summed E-state index contributed by atoms with van der Waals surface area (Å²) in [5, 5.41) is 4.79. The van der Waals surface area contributed by atoms with Gasteiger partial charge in [-0.25, -0.2) is 0 Å². The van der Waals surface area contributed by atoms with Crippen LogP contribution in [0.15, 0.2) is 23.4 Å². The van der Waals surface area contributed by atoms with Crippen molar-refractivity contribution in [2.75, 3.05) is 7.11 Å². The molecule has 1 aliphatic carbocycles. The number of nitrogens with zero attached hydrogens (tertiary/aromatic N) is 1. The normalized spacial score (nSPS) is 18.0. The quantitative estimate of drug-likeness (QED) is 0.652. The van der Waals surface area contributed by atoms with Crippen LogP contribution in [0.1, 0.15) is 24.0 Å². The fourth-order valence-electron chi connectivity index (χ4n) is 1.87. The largest absolute Gasteiger partial charge is 0.399 e. The Kier molecular flexibility index (Phi) is 2.73. The van der Waals surface area contributed by atoms with Crippen LogP contribution in [-0.4, -0.2) is 12.8 Å². The van der Waals surface area contributed by atoms with Crippen LogP contribution in [0, 0.1) is 0 Å². The van der Waals surface area contributed by atoms with Gasteiger partial charge in [-0.1, -0.05) is 28.9 Å². The van der Waals surface area contributed by atoms with Crippen molar-refractivity contribution in [3.8, 4) is 0 Å². The van der Waals surface area contributed by atoms with Gasteiger partial charge in [-0.15, -0.1) is 0 Å². The highest BCUT2D eigenvalue weighted by Crippen LogP contribution is 2.28. The van der Waals surface area contributed by atoms with Crippen LogP contribution in [0.4, 0.5) is 0 Å². The van der Waals surface area contributed by atoms with Crippen LogP contribution in [0.2, 0.25) is 5.02 Å². The van der Waals surface area contributed by atoms with E-state index in [-0.39, 0.29) is 0 Å². The standard InChI is InChI=1S/C11H12ClNO/c1-14-13-10-7-3-5-8-4-2-6-9(12)11(8)10/h2,4,6H,3,5,7H2,1H3/b13-10-. The molecule has 74 valence electrons. The Morgan fingerprint density at radius 1 is 1.36 bits per heavy atom. The van der Waals surface area contributed by atoms with Gasteiger partial charge in [-0.2, -0.15) is 0 Å². The number of fused-ring (bicyclic) bond motifs is 1. The highest BCUT2D eigenvalue weighted by Gasteiger charge is 2.18. The third kappa shape index (κ3) is 1.62. The third-order valence-corrected chi connectivity index (χ3v) is 2.76. The maximum atomic E-state index is 6.14. The van der Waals surface area contributed by atoms with Crippen LogP contribution in [0.3, 0.4) is 0 Å². The lowest BCUT2D eigenvalue weighted by molar-refractivity contribution is 0.212. The molecule has 0 fully saturated rings.